The zero-order valence-electron chi connectivity index (χ0n) is 7.03. The van der Waals surface area contributed by atoms with Gasteiger partial charge >= 0.3 is 0 Å². The van der Waals surface area contributed by atoms with E-state index in [9.17, 15) is 0 Å². The van der Waals surface area contributed by atoms with Crippen LogP contribution in [0.1, 0.15) is 4.88 Å². The molecule has 0 bridgehead atoms. The van der Waals surface area contributed by atoms with E-state index in [1.165, 1.54) is 10.4 Å². The summed E-state index contributed by atoms with van der Waals surface area (Å²) in [5, 5.41) is 0. The summed E-state index contributed by atoms with van der Waals surface area (Å²) >= 11 is 1.65. The van der Waals surface area contributed by atoms with Gasteiger partial charge in [-0.25, -0.2) is 0 Å². The van der Waals surface area contributed by atoms with Crippen molar-refractivity contribution in [2.75, 3.05) is 0 Å². The zero-order chi connectivity index (χ0) is 9.10. The predicted octanol–water partition coefficient (Wildman–Crippen LogP) is 3.40. The third-order valence-electron chi connectivity index (χ3n) is 1.81. The number of terminal acetylenes is 1. The van der Waals surface area contributed by atoms with Crippen molar-refractivity contribution in [3.63, 3.8) is 0 Å². The molecule has 0 atom stereocenters. The van der Waals surface area contributed by atoms with Crippen LogP contribution in [0.5, 0.6) is 0 Å². The Morgan fingerprint density at radius 2 is 1.77 bits per heavy atom. The summed E-state index contributed by atoms with van der Waals surface area (Å²) in [4.78, 5) is 2.22. The molecule has 0 aliphatic heterocycles. The Hall–Kier alpha value is -1.52. The summed E-state index contributed by atoms with van der Waals surface area (Å²) < 4.78 is 0. The van der Waals surface area contributed by atoms with Crippen LogP contribution < -0.4 is 0 Å². The van der Waals surface area contributed by atoms with E-state index in [1.807, 2.05) is 24.3 Å². The van der Waals surface area contributed by atoms with Crippen LogP contribution in [0.2, 0.25) is 0 Å². The number of hydrogen-bond acceptors (Lipinski definition) is 1. The van der Waals surface area contributed by atoms with E-state index in [1.54, 1.807) is 11.3 Å². The first-order valence-electron chi connectivity index (χ1n) is 4.02. The van der Waals surface area contributed by atoms with Crippen LogP contribution in [0.3, 0.4) is 0 Å². The number of rotatable bonds is 1. The molecule has 1 aromatic heterocycles. The molecule has 13 heavy (non-hydrogen) atoms. The molecule has 0 fully saturated rings. The molecule has 0 amide bonds. The molecule has 0 nitrogen and oxygen atoms in total. The molecule has 0 N–H and O–H groups in total. The SMILES string of the molecule is C#Cc1ccc(-c2ccccc2)s1. The van der Waals surface area contributed by atoms with Crippen molar-refractivity contribution in [1.29, 1.82) is 0 Å². The van der Waals surface area contributed by atoms with Gasteiger partial charge in [0, 0.05) is 4.88 Å². The van der Waals surface area contributed by atoms with Crippen LogP contribution in [0.25, 0.3) is 10.4 Å². The predicted molar refractivity (Wildman–Crippen MR) is 57.7 cm³/mol. The van der Waals surface area contributed by atoms with Gasteiger partial charge in [0.05, 0.1) is 4.88 Å². The summed E-state index contributed by atoms with van der Waals surface area (Å²) in [6.07, 6.45) is 5.30. The zero-order valence-corrected chi connectivity index (χ0v) is 7.84. The number of hydrogen-bond donors (Lipinski definition) is 0. The standard InChI is InChI=1S/C12H8S/c1-2-11-8-9-12(13-11)10-6-4-3-5-7-10/h1,3-9H. The van der Waals surface area contributed by atoms with Gasteiger partial charge in [-0.2, -0.15) is 0 Å². The molecule has 2 rings (SSSR count). The maximum Gasteiger partial charge on any atom is 0.0772 e. The third kappa shape index (κ3) is 1.63. The molecule has 0 unspecified atom stereocenters. The second kappa shape index (κ2) is 3.47. The topological polar surface area (TPSA) is 0 Å². The average Bonchev–Trinajstić information content (AvgIpc) is 2.67. The Morgan fingerprint density at radius 3 is 2.38 bits per heavy atom. The fourth-order valence-corrected chi connectivity index (χ4v) is 1.99. The Morgan fingerprint density at radius 1 is 1.00 bits per heavy atom. The normalized spacial score (nSPS) is 9.46. The highest BCUT2D eigenvalue weighted by molar-refractivity contribution is 7.16. The molecule has 62 valence electrons. The van der Waals surface area contributed by atoms with Crippen molar-refractivity contribution >= 4 is 11.3 Å². The first-order chi connectivity index (χ1) is 6.40. The lowest BCUT2D eigenvalue weighted by Gasteiger charge is -1.93. The highest BCUT2D eigenvalue weighted by Crippen LogP contribution is 2.26. The van der Waals surface area contributed by atoms with Gasteiger partial charge in [-0.1, -0.05) is 36.3 Å². The largest absolute Gasteiger partial charge is 0.127 e. The molecule has 2 aromatic rings. The van der Waals surface area contributed by atoms with Crippen LogP contribution in [0.4, 0.5) is 0 Å². The van der Waals surface area contributed by atoms with Crippen LogP contribution in [-0.4, -0.2) is 0 Å². The maximum atomic E-state index is 5.30. The summed E-state index contributed by atoms with van der Waals surface area (Å²) in [5.74, 6) is 2.64. The van der Waals surface area contributed by atoms with E-state index in [-0.39, 0.29) is 0 Å². The molecule has 0 saturated carbocycles. The van der Waals surface area contributed by atoms with E-state index in [4.69, 9.17) is 6.42 Å². The van der Waals surface area contributed by atoms with Crippen molar-refractivity contribution < 1.29 is 0 Å². The fourth-order valence-electron chi connectivity index (χ4n) is 1.17. The molecule has 1 heterocycles. The van der Waals surface area contributed by atoms with Gasteiger partial charge in [0.15, 0.2) is 0 Å². The fraction of sp³-hybridized carbons (Fsp3) is 0. The van der Waals surface area contributed by atoms with Crippen molar-refractivity contribution in [2.45, 2.75) is 0 Å². The summed E-state index contributed by atoms with van der Waals surface area (Å²) in [6, 6.07) is 14.3. The van der Waals surface area contributed by atoms with Gasteiger partial charge in [0.1, 0.15) is 0 Å². The lowest BCUT2D eigenvalue weighted by atomic mass is 10.2. The highest BCUT2D eigenvalue weighted by Gasteiger charge is 1.99. The minimum absolute atomic E-state index is 0.985. The highest BCUT2D eigenvalue weighted by atomic mass is 32.1. The summed E-state index contributed by atoms with van der Waals surface area (Å²) in [7, 11) is 0. The van der Waals surface area contributed by atoms with Crippen molar-refractivity contribution in [1.82, 2.24) is 0 Å². The smallest absolute Gasteiger partial charge is 0.0772 e. The second-order valence-corrected chi connectivity index (χ2v) is 3.76. The van der Waals surface area contributed by atoms with Gasteiger partial charge in [-0.05, 0) is 17.7 Å². The quantitative estimate of drug-likeness (QED) is 0.596. The van der Waals surface area contributed by atoms with E-state index in [2.05, 4.69) is 24.1 Å². The van der Waals surface area contributed by atoms with Crippen molar-refractivity contribution in [2.24, 2.45) is 0 Å². The molecule has 1 heteroatoms. The molecule has 0 spiro atoms. The van der Waals surface area contributed by atoms with Crippen molar-refractivity contribution in [3.8, 4) is 22.8 Å². The molecular formula is C12H8S. The first kappa shape index (κ1) is 8.10. The van der Waals surface area contributed by atoms with Gasteiger partial charge in [0.25, 0.3) is 0 Å². The first-order valence-corrected chi connectivity index (χ1v) is 4.83. The molecule has 0 aliphatic carbocycles. The molecule has 0 radical (unpaired) electrons. The molecule has 1 aromatic carbocycles. The maximum absolute atomic E-state index is 5.30. The van der Waals surface area contributed by atoms with Gasteiger partial charge in [-0.15, -0.1) is 17.8 Å². The Bertz CT molecular complexity index is 432. The molecule has 0 saturated heterocycles. The van der Waals surface area contributed by atoms with E-state index in [0.29, 0.717) is 0 Å². The third-order valence-corrected chi connectivity index (χ3v) is 2.87. The summed E-state index contributed by atoms with van der Waals surface area (Å²) in [5.41, 5.74) is 1.23. The lowest BCUT2D eigenvalue weighted by Crippen LogP contribution is -1.67. The van der Waals surface area contributed by atoms with Gasteiger partial charge in [-0.3, -0.25) is 0 Å². The molecule has 0 aliphatic rings. The van der Waals surface area contributed by atoms with E-state index < -0.39 is 0 Å². The summed E-state index contributed by atoms with van der Waals surface area (Å²) in [6.45, 7) is 0. The number of thiophene rings is 1. The van der Waals surface area contributed by atoms with Gasteiger partial charge < -0.3 is 0 Å². The van der Waals surface area contributed by atoms with E-state index in [0.717, 1.165) is 4.88 Å². The van der Waals surface area contributed by atoms with Crippen molar-refractivity contribution in [3.05, 3.63) is 47.3 Å². The van der Waals surface area contributed by atoms with E-state index >= 15 is 0 Å². The van der Waals surface area contributed by atoms with Gasteiger partial charge in [0.2, 0.25) is 0 Å². The second-order valence-electron chi connectivity index (χ2n) is 2.67. The van der Waals surface area contributed by atoms with Crippen LogP contribution in [0.15, 0.2) is 42.5 Å². The Labute approximate surface area is 81.9 Å². The molecular weight excluding hydrogens is 176 g/mol. The van der Waals surface area contributed by atoms with Crippen LogP contribution >= 0.6 is 11.3 Å². The number of benzene rings is 1. The Balaban J connectivity index is 2.43. The minimum Gasteiger partial charge on any atom is -0.127 e. The average molecular weight is 184 g/mol. The lowest BCUT2D eigenvalue weighted by molar-refractivity contribution is 1.70. The van der Waals surface area contributed by atoms with Crippen LogP contribution in [-0.2, 0) is 0 Å². The van der Waals surface area contributed by atoms with Crippen LogP contribution in [0, 0.1) is 12.3 Å². The monoisotopic (exact) mass is 184 g/mol. The minimum atomic E-state index is 0.985. The Kier molecular flexibility index (Phi) is 2.16.